The third kappa shape index (κ3) is 3.65. The molecule has 3 saturated heterocycles. The monoisotopic (exact) mass is 407 g/mol. The van der Waals surface area contributed by atoms with Crippen molar-refractivity contribution in [2.45, 2.75) is 74.6 Å². The van der Waals surface area contributed by atoms with E-state index in [0.29, 0.717) is 30.8 Å². The highest BCUT2D eigenvalue weighted by atomic mass is 32.2. The second-order valence-corrected chi connectivity index (χ2v) is 10.2. The highest BCUT2D eigenvalue weighted by molar-refractivity contribution is 7.89. The van der Waals surface area contributed by atoms with Crippen LogP contribution in [0.5, 0.6) is 0 Å². The summed E-state index contributed by atoms with van der Waals surface area (Å²) in [5.41, 5.74) is 0.733. The highest BCUT2D eigenvalue weighted by Crippen LogP contribution is 2.35. The average molecular weight is 408 g/mol. The van der Waals surface area contributed by atoms with Crippen LogP contribution < -0.4 is 5.32 Å². The topological polar surface area (TPSA) is 90.0 Å². The van der Waals surface area contributed by atoms with Crippen LogP contribution in [0.3, 0.4) is 0 Å². The maximum atomic E-state index is 13.1. The first-order chi connectivity index (χ1) is 13.4. The second-order valence-electron chi connectivity index (χ2n) is 8.33. The van der Waals surface area contributed by atoms with Crippen molar-refractivity contribution in [3.63, 3.8) is 0 Å². The first-order valence-electron chi connectivity index (χ1n) is 10.2. The van der Waals surface area contributed by atoms with Crippen molar-refractivity contribution in [1.82, 2.24) is 14.5 Å². The third-order valence-corrected chi connectivity index (χ3v) is 8.39. The molecule has 2 bridgehead atoms. The molecule has 0 spiro atoms. The number of hydrogen-bond acceptors (Lipinski definition) is 4. The van der Waals surface area contributed by atoms with Crippen LogP contribution in [-0.2, 0) is 10.0 Å². The molecule has 154 valence electrons. The number of rotatable bonds is 3. The van der Waals surface area contributed by atoms with E-state index in [1.807, 2.05) is 11.0 Å². The van der Waals surface area contributed by atoms with Gasteiger partial charge in [0.25, 0.3) is 0 Å². The Morgan fingerprint density at radius 2 is 1.82 bits per heavy atom. The van der Waals surface area contributed by atoms with Crippen molar-refractivity contribution < 1.29 is 18.3 Å². The van der Waals surface area contributed by atoms with Crippen molar-refractivity contribution in [3.8, 4) is 0 Å². The van der Waals surface area contributed by atoms with Gasteiger partial charge in [0.1, 0.15) is 0 Å². The average Bonchev–Trinajstić information content (AvgIpc) is 2.94. The molecule has 28 heavy (non-hydrogen) atoms. The lowest BCUT2D eigenvalue weighted by Gasteiger charge is -2.39. The molecule has 3 fully saturated rings. The Kier molecular flexibility index (Phi) is 5.37. The summed E-state index contributed by atoms with van der Waals surface area (Å²) in [4.78, 5) is 15.1. The number of nitrogens with one attached hydrogen (secondary N) is 1. The van der Waals surface area contributed by atoms with E-state index in [1.54, 1.807) is 25.1 Å². The number of piperidine rings is 2. The molecule has 2 N–H and O–H groups in total. The van der Waals surface area contributed by atoms with Crippen molar-refractivity contribution in [1.29, 1.82) is 0 Å². The number of nitrogens with zero attached hydrogens (tertiary/aromatic N) is 2. The Morgan fingerprint density at radius 1 is 1.14 bits per heavy atom. The minimum Gasteiger partial charge on any atom is -0.393 e. The number of aliphatic hydroxyl groups is 1. The molecule has 8 heteroatoms. The number of sulfonamides is 1. The number of aryl methyl sites for hydroxylation is 1. The molecular formula is C20H29N3O4S. The lowest BCUT2D eigenvalue weighted by atomic mass is 10.0. The van der Waals surface area contributed by atoms with Crippen LogP contribution in [0, 0.1) is 6.92 Å². The van der Waals surface area contributed by atoms with Gasteiger partial charge in [0, 0.05) is 31.2 Å². The fourth-order valence-corrected chi connectivity index (χ4v) is 6.74. The number of benzene rings is 1. The molecule has 0 aliphatic carbocycles. The van der Waals surface area contributed by atoms with E-state index in [-0.39, 0.29) is 30.3 Å². The number of hydrogen-bond donors (Lipinski definition) is 2. The van der Waals surface area contributed by atoms with Gasteiger partial charge in [-0.2, -0.15) is 4.31 Å². The molecule has 0 radical (unpaired) electrons. The molecule has 0 aromatic heterocycles. The number of amides is 2. The Labute approximate surface area is 166 Å². The Morgan fingerprint density at radius 3 is 2.50 bits per heavy atom. The lowest BCUT2D eigenvalue weighted by Crippen LogP contribution is -2.57. The molecule has 3 heterocycles. The zero-order valence-corrected chi connectivity index (χ0v) is 17.1. The Hall–Kier alpha value is -1.64. The first-order valence-corrected chi connectivity index (χ1v) is 11.6. The zero-order valence-electron chi connectivity index (χ0n) is 16.3. The van der Waals surface area contributed by atoms with Crippen LogP contribution in [0.25, 0.3) is 0 Å². The minimum absolute atomic E-state index is 0.101. The van der Waals surface area contributed by atoms with Gasteiger partial charge in [-0.3, -0.25) is 0 Å². The molecule has 3 atom stereocenters. The predicted octanol–water partition coefficient (Wildman–Crippen LogP) is 1.85. The molecule has 3 aliphatic heterocycles. The number of urea groups is 1. The van der Waals surface area contributed by atoms with Crippen molar-refractivity contribution in [2.24, 2.45) is 0 Å². The summed E-state index contributed by atoms with van der Waals surface area (Å²) in [6.07, 6.45) is 4.34. The maximum Gasteiger partial charge on any atom is 0.318 e. The van der Waals surface area contributed by atoms with Crippen molar-refractivity contribution in [3.05, 3.63) is 29.8 Å². The molecule has 1 aromatic carbocycles. The van der Waals surface area contributed by atoms with E-state index >= 15 is 0 Å². The Bertz CT molecular complexity index is 830. The van der Waals surface area contributed by atoms with Crippen molar-refractivity contribution >= 4 is 16.1 Å². The molecule has 3 aliphatic rings. The van der Waals surface area contributed by atoms with E-state index < -0.39 is 10.0 Å². The van der Waals surface area contributed by atoms with E-state index in [9.17, 15) is 18.3 Å². The summed E-state index contributed by atoms with van der Waals surface area (Å²) in [7, 11) is -3.57. The predicted molar refractivity (Wildman–Crippen MR) is 105 cm³/mol. The number of carbonyl (C=O) groups is 1. The fraction of sp³-hybridized carbons (Fsp3) is 0.650. The van der Waals surface area contributed by atoms with Gasteiger partial charge in [0.2, 0.25) is 10.0 Å². The number of carbonyl (C=O) groups excluding carboxylic acids is 1. The summed E-state index contributed by atoms with van der Waals surface area (Å²) in [6, 6.07) is 6.92. The summed E-state index contributed by atoms with van der Waals surface area (Å²) in [5, 5.41) is 13.0. The van der Waals surface area contributed by atoms with Crippen molar-refractivity contribution in [2.75, 3.05) is 13.1 Å². The van der Waals surface area contributed by atoms with E-state index in [1.165, 1.54) is 4.31 Å². The van der Waals surface area contributed by atoms with Gasteiger partial charge in [-0.05, 0) is 57.1 Å². The van der Waals surface area contributed by atoms with Gasteiger partial charge in [-0.25, -0.2) is 13.2 Å². The van der Waals surface area contributed by atoms with Crippen LogP contribution in [0.4, 0.5) is 4.79 Å². The first kappa shape index (κ1) is 19.7. The van der Waals surface area contributed by atoms with Crippen LogP contribution >= 0.6 is 0 Å². The van der Waals surface area contributed by atoms with E-state index in [2.05, 4.69) is 5.32 Å². The zero-order chi connectivity index (χ0) is 19.9. The van der Waals surface area contributed by atoms with Crippen LogP contribution in [0.15, 0.2) is 29.2 Å². The third-order valence-electron chi connectivity index (χ3n) is 6.37. The van der Waals surface area contributed by atoms with Gasteiger partial charge in [-0.15, -0.1) is 0 Å². The molecule has 7 nitrogen and oxygen atoms in total. The standard InChI is InChI=1S/C20H29N3O4S/c1-14-5-2-3-7-19(14)28(26,27)22-10-4-6-15(13-22)21-20(25)23-16-8-9-17(23)12-18(24)11-16/h2-3,5,7,15-18,24H,4,6,8-13H2,1H3,(H,21,25)/t15-,16-,17-/m0/s1. The summed E-state index contributed by atoms with van der Waals surface area (Å²) >= 11 is 0. The second kappa shape index (κ2) is 7.65. The molecule has 0 unspecified atom stereocenters. The van der Waals surface area contributed by atoms with Crippen LogP contribution in [0.2, 0.25) is 0 Å². The molecule has 1 aromatic rings. The van der Waals surface area contributed by atoms with Gasteiger partial charge in [0.15, 0.2) is 0 Å². The minimum atomic E-state index is -3.57. The maximum absolute atomic E-state index is 13.1. The van der Waals surface area contributed by atoms with Gasteiger partial charge in [0.05, 0.1) is 11.0 Å². The molecule has 4 rings (SSSR count). The van der Waals surface area contributed by atoms with Gasteiger partial charge in [-0.1, -0.05) is 18.2 Å². The van der Waals surface area contributed by atoms with E-state index in [4.69, 9.17) is 0 Å². The Balaban J connectivity index is 1.43. The van der Waals surface area contributed by atoms with Gasteiger partial charge < -0.3 is 15.3 Å². The van der Waals surface area contributed by atoms with Crippen LogP contribution in [0.1, 0.15) is 44.1 Å². The smallest absolute Gasteiger partial charge is 0.318 e. The lowest BCUT2D eigenvalue weighted by molar-refractivity contribution is 0.0528. The molecular weight excluding hydrogens is 378 g/mol. The number of fused-ring (bicyclic) bond motifs is 2. The summed E-state index contributed by atoms with van der Waals surface area (Å²) < 4.78 is 27.6. The quantitative estimate of drug-likeness (QED) is 0.800. The fourth-order valence-electron chi connectivity index (χ4n) is 4.99. The normalized spacial score (nSPS) is 31.0. The van der Waals surface area contributed by atoms with E-state index in [0.717, 1.165) is 31.2 Å². The largest absolute Gasteiger partial charge is 0.393 e. The van der Waals surface area contributed by atoms with Crippen LogP contribution in [-0.4, -0.2) is 66.1 Å². The molecule has 0 saturated carbocycles. The highest BCUT2D eigenvalue weighted by Gasteiger charge is 2.43. The summed E-state index contributed by atoms with van der Waals surface area (Å²) in [5.74, 6) is 0. The summed E-state index contributed by atoms with van der Waals surface area (Å²) in [6.45, 7) is 2.58. The molecule has 2 amide bonds. The number of aliphatic hydroxyl groups excluding tert-OH is 1. The van der Waals surface area contributed by atoms with Gasteiger partial charge >= 0.3 is 6.03 Å². The SMILES string of the molecule is Cc1ccccc1S(=O)(=O)N1CCC[C@H](NC(=O)N2[C@H]3CC[C@H]2CC(O)C3)C1.